The van der Waals surface area contributed by atoms with E-state index in [4.69, 9.17) is 32.9 Å². The van der Waals surface area contributed by atoms with Crippen LogP contribution in [0.25, 0.3) is 33.5 Å². The van der Waals surface area contributed by atoms with Crippen molar-refractivity contribution in [3.63, 3.8) is 0 Å². The summed E-state index contributed by atoms with van der Waals surface area (Å²) in [6.07, 6.45) is 6.58. The molecule has 0 amide bonds. The largest absolute Gasteiger partial charge is 0.486 e. The maximum Gasteiger partial charge on any atom is 0.159 e. The van der Waals surface area contributed by atoms with E-state index in [1.165, 1.54) is 24.9 Å². The summed E-state index contributed by atoms with van der Waals surface area (Å²) in [5.74, 6) is 1.40. The standard InChI is InChI=1S/C26H24Cl2N6O/c1-15(24-19(27)13-29-14-20(24)28)35-17-6-8-21-18(12-17)25(33-32-21)26-30-22-7-5-16(11-23(22)31-26)34-9-3-2-4-10-34/h5-8,11-15H,2-4,9-10H2,1H3,(H,30,31)(H,32,33)/t15-/m0/s1. The first kappa shape index (κ1) is 22.2. The van der Waals surface area contributed by atoms with Crippen LogP contribution in [0.2, 0.25) is 10.0 Å². The molecule has 0 saturated carbocycles. The highest BCUT2D eigenvalue weighted by molar-refractivity contribution is 6.35. The number of fused-ring (bicyclic) bond motifs is 2. The van der Waals surface area contributed by atoms with Crippen molar-refractivity contribution in [1.29, 1.82) is 0 Å². The number of nitrogens with zero attached hydrogens (tertiary/aromatic N) is 4. The Morgan fingerprint density at radius 1 is 0.971 bits per heavy atom. The van der Waals surface area contributed by atoms with Crippen molar-refractivity contribution < 1.29 is 4.74 Å². The minimum absolute atomic E-state index is 0.356. The molecule has 3 aromatic heterocycles. The molecular weight excluding hydrogens is 483 g/mol. The lowest BCUT2D eigenvalue weighted by atomic mass is 10.1. The number of hydrogen-bond donors (Lipinski definition) is 2. The van der Waals surface area contributed by atoms with Gasteiger partial charge in [-0.2, -0.15) is 5.10 Å². The molecule has 1 atom stereocenters. The zero-order valence-electron chi connectivity index (χ0n) is 19.2. The van der Waals surface area contributed by atoms with E-state index in [0.717, 1.165) is 40.7 Å². The zero-order valence-corrected chi connectivity index (χ0v) is 20.7. The van der Waals surface area contributed by atoms with Crippen LogP contribution < -0.4 is 9.64 Å². The van der Waals surface area contributed by atoms with Crippen LogP contribution in [0.4, 0.5) is 5.69 Å². The number of piperidine rings is 1. The molecule has 2 N–H and O–H groups in total. The summed E-state index contributed by atoms with van der Waals surface area (Å²) >= 11 is 12.6. The van der Waals surface area contributed by atoms with Gasteiger partial charge in [0.1, 0.15) is 17.5 Å². The number of aromatic amines is 2. The van der Waals surface area contributed by atoms with E-state index in [1.54, 1.807) is 12.4 Å². The summed E-state index contributed by atoms with van der Waals surface area (Å²) in [7, 11) is 0. The highest BCUT2D eigenvalue weighted by Gasteiger charge is 2.19. The lowest BCUT2D eigenvalue weighted by Gasteiger charge is -2.28. The Morgan fingerprint density at radius 3 is 2.57 bits per heavy atom. The van der Waals surface area contributed by atoms with E-state index in [2.05, 4.69) is 43.3 Å². The van der Waals surface area contributed by atoms with Gasteiger partial charge >= 0.3 is 0 Å². The van der Waals surface area contributed by atoms with Crippen LogP contribution in [0.1, 0.15) is 37.9 Å². The van der Waals surface area contributed by atoms with Gasteiger partial charge < -0.3 is 14.6 Å². The van der Waals surface area contributed by atoms with Crippen LogP contribution >= 0.6 is 23.2 Å². The summed E-state index contributed by atoms with van der Waals surface area (Å²) in [6.45, 7) is 4.12. The molecule has 35 heavy (non-hydrogen) atoms. The topological polar surface area (TPSA) is 82.7 Å². The molecule has 9 heteroatoms. The van der Waals surface area contributed by atoms with Crippen molar-refractivity contribution in [1.82, 2.24) is 25.1 Å². The first-order chi connectivity index (χ1) is 17.1. The predicted octanol–water partition coefficient (Wildman–Crippen LogP) is 6.94. The van der Waals surface area contributed by atoms with Crippen molar-refractivity contribution in [2.75, 3.05) is 18.0 Å². The molecule has 7 nitrogen and oxygen atoms in total. The number of nitrogens with one attached hydrogen (secondary N) is 2. The predicted molar refractivity (Wildman–Crippen MR) is 141 cm³/mol. The summed E-state index contributed by atoms with van der Waals surface area (Å²) in [4.78, 5) is 14.7. The number of aromatic nitrogens is 5. The van der Waals surface area contributed by atoms with Gasteiger partial charge in [0.25, 0.3) is 0 Å². The number of halogens is 2. The number of imidazole rings is 1. The SMILES string of the molecule is C[C@H](Oc1ccc2[nH]nc(-c3nc4ccc(N5CCCCC5)cc4[nH]3)c2c1)c1c(Cl)cncc1Cl. The Kier molecular flexibility index (Phi) is 5.74. The third-order valence-electron chi connectivity index (χ3n) is 6.56. The van der Waals surface area contributed by atoms with Crippen LogP contribution in [-0.4, -0.2) is 38.2 Å². The third-order valence-corrected chi connectivity index (χ3v) is 7.16. The Bertz CT molecular complexity index is 1500. The molecule has 4 heterocycles. The van der Waals surface area contributed by atoms with Gasteiger partial charge in [0, 0.05) is 42.1 Å². The van der Waals surface area contributed by atoms with Gasteiger partial charge in [-0.25, -0.2) is 4.98 Å². The van der Waals surface area contributed by atoms with E-state index in [1.807, 2.05) is 25.1 Å². The van der Waals surface area contributed by atoms with E-state index < -0.39 is 0 Å². The second-order valence-corrected chi connectivity index (χ2v) is 9.71. The lowest BCUT2D eigenvalue weighted by molar-refractivity contribution is 0.227. The van der Waals surface area contributed by atoms with Crippen molar-refractivity contribution in [3.05, 3.63) is 64.4 Å². The Morgan fingerprint density at radius 2 is 1.77 bits per heavy atom. The smallest absolute Gasteiger partial charge is 0.159 e. The molecule has 1 aliphatic rings. The maximum atomic E-state index is 6.32. The molecule has 6 rings (SSSR count). The lowest BCUT2D eigenvalue weighted by Crippen LogP contribution is -2.29. The first-order valence-corrected chi connectivity index (χ1v) is 12.5. The van der Waals surface area contributed by atoms with Gasteiger partial charge in [-0.3, -0.25) is 10.1 Å². The van der Waals surface area contributed by atoms with E-state index >= 15 is 0 Å². The van der Waals surface area contributed by atoms with E-state index in [-0.39, 0.29) is 6.10 Å². The molecule has 0 spiro atoms. The molecule has 0 unspecified atom stereocenters. The molecule has 178 valence electrons. The van der Waals surface area contributed by atoms with Gasteiger partial charge in [0.05, 0.1) is 26.6 Å². The number of pyridine rings is 1. The average molecular weight is 507 g/mol. The molecule has 2 aromatic carbocycles. The normalized spacial score (nSPS) is 15.1. The number of anilines is 1. The van der Waals surface area contributed by atoms with Gasteiger partial charge in [-0.15, -0.1) is 0 Å². The van der Waals surface area contributed by atoms with Gasteiger partial charge in [0.2, 0.25) is 0 Å². The highest BCUT2D eigenvalue weighted by Crippen LogP contribution is 2.35. The monoisotopic (exact) mass is 506 g/mol. The van der Waals surface area contributed by atoms with Gasteiger partial charge in [-0.1, -0.05) is 23.2 Å². The molecule has 0 bridgehead atoms. The van der Waals surface area contributed by atoms with Crippen LogP contribution in [0.15, 0.2) is 48.8 Å². The number of rotatable bonds is 5. The molecular formula is C26H24Cl2N6O. The number of ether oxygens (including phenoxy) is 1. The maximum absolute atomic E-state index is 6.32. The summed E-state index contributed by atoms with van der Waals surface area (Å²) in [6, 6.07) is 12.2. The molecule has 1 fully saturated rings. The Balaban J connectivity index is 1.32. The van der Waals surface area contributed by atoms with Crippen molar-refractivity contribution in [3.8, 4) is 17.3 Å². The zero-order chi connectivity index (χ0) is 23.9. The second kappa shape index (κ2) is 9.06. The third kappa shape index (κ3) is 4.19. The minimum atomic E-state index is -0.356. The van der Waals surface area contributed by atoms with E-state index in [0.29, 0.717) is 27.2 Å². The summed E-state index contributed by atoms with van der Waals surface area (Å²) in [5, 5.41) is 9.51. The second-order valence-electron chi connectivity index (χ2n) is 8.89. The molecule has 0 aliphatic carbocycles. The van der Waals surface area contributed by atoms with Crippen LogP contribution in [-0.2, 0) is 0 Å². The van der Waals surface area contributed by atoms with Crippen LogP contribution in [0.5, 0.6) is 5.75 Å². The molecule has 1 aliphatic heterocycles. The van der Waals surface area contributed by atoms with Crippen molar-refractivity contribution in [2.45, 2.75) is 32.3 Å². The number of benzene rings is 2. The fraction of sp³-hybridized carbons (Fsp3) is 0.269. The average Bonchev–Trinajstić information content (AvgIpc) is 3.47. The quantitative estimate of drug-likeness (QED) is 0.269. The van der Waals surface area contributed by atoms with Gasteiger partial charge in [-0.05, 0) is 62.6 Å². The fourth-order valence-electron chi connectivity index (χ4n) is 4.78. The number of H-pyrrole nitrogens is 2. The van der Waals surface area contributed by atoms with E-state index in [9.17, 15) is 0 Å². The highest BCUT2D eigenvalue weighted by atomic mass is 35.5. The Labute approximate surface area is 212 Å². The van der Waals surface area contributed by atoms with Crippen molar-refractivity contribution >= 4 is 50.8 Å². The van der Waals surface area contributed by atoms with Gasteiger partial charge in [0.15, 0.2) is 5.82 Å². The van der Waals surface area contributed by atoms with Crippen LogP contribution in [0, 0.1) is 0 Å². The minimum Gasteiger partial charge on any atom is -0.486 e. The fourth-order valence-corrected chi connectivity index (χ4v) is 5.45. The molecule has 0 radical (unpaired) electrons. The van der Waals surface area contributed by atoms with Crippen molar-refractivity contribution in [2.24, 2.45) is 0 Å². The number of hydrogen-bond acceptors (Lipinski definition) is 5. The first-order valence-electron chi connectivity index (χ1n) is 11.8. The summed E-state index contributed by atoms with van der Waals surface area (Å²) in [5.41, 5.74) is 5.50. The molecule has 1 saturated heterocycles. The molecule has 5 aromatic rings. The van der Waals surface area contributed by atoms with Crippen LogP contribution in [0.3, 0.4) is 0 Å². The summed E-state index contributed by atoms with van der Waals surface area (Å²) < 4.78 is 6.20. The Hall–Kier alpha value is -3.29.